The van der Waals surface area contributed by atoms with Crippen molar-refractivity contribution in [3.8, 4) is 5.75 Å². The molecular weight excluding hydrogens is 300 g/mol. The van der Waals surface area contributed by atoms with Crippen LogP contribution in [0.15, 0.2) is 22.6 Å². The van der Waals surface area contributed by atoms with Gasteiger partial charge in [0.1, 0.15) is 11.6 Å². The zero-order valence-corrected chi connectivity index (χ0v) is 14.2. The van der Waals surface area contributed by atoms with E-state index in [4.69, 9.17) is 10.5 Å². The molecule has 1 aromatic rings. The summed E-state index contributed by atoms with van der Waals surface area (Å²) in [6.45, 7) is 7.09. The van der Waals surface area contributed by atoms with Crippen molar-refractivity contribution in [2.24, 2.45) is 15.5 Å². The molecule has 0 unspecified atom stereocenters. The molecule has 0 aliphatic carbocycles. The van der Waals surface area contributed by atoms with Gasteiger partial charge in [-0.25, -0.2) is 8.42 Å². The Morgan fingerprint density at radius 1 is 1.23 bits per heavy atom. The van der Waals surface area contributed by atoms with E-state index < -0.39 is 10.0 Å². The van der Waals surface area contributed by atoms with Gasteiger partial charge in [-0.05, 0) is 30.9 Å². The number of hydrogen-bond donors (Lipinski definition) is 1. The van der Waals surface area contributed by atoms with Gasteiger partial charge in [0.15, 0.2) is 0 Å². The summed E-state index contributed by atoms with van der Waals surface area (Å²) >= 11 is 0. The number of sulfonamides is 1. The molecule has 1 aromatic carbocycles. The van der Waals surface area contributed by atoms with E-state index in [1.165, 1.54) is 0 Å². The second-order valence-corrected chi connectivity index (χ2v) is 7.48. The molecule has 1 aliphatic rings. The SMILES string of the molecule is CCC(CC)(CC)COc1cccc2c1C(N)=NS(=O)(=O)C2. The molecule has 0 bridgehead atoms. The summed E-state index contributed by atoms with van der Waals surface area (Å²) in [6, 6.07) is 5.38. The summed E-state index contributed by atoms with van der Waals surface area (Å²) in [5.74, 6) is 0.515. The van der Waals surface area contributed by atoms with E-state index >= 15 is 0 Å². The van der Waals surface area contributed by atoms with Gasteiger partial charge < -0.3 is 10.5 Å². The summed E-state index contributed by atoms with van der Waals surface area (Å²) < 4.78 is 33.0. The molecular formula is C16H24N2O3S. The number of nitrogens with zero attached hydrogens (tertiary/aromatic N) is 1. The average molecular weight is 324 g/mol. The molecule has 22 heavy (non-hydrogen) atoms. The predicted molar refractivity (Wildman–Crippen MR) is 88.6 cm³/mol. The summed E-state index contributed by atoms with van der Waals surface area (Å²) in [7, 11) is -3.51. The van der Waals surface area contributed by atoms with Crippen molar-refractivity contribution in [3.05, 3.63) is 29.3 Å². The van der Waals surface area contributed by atoms with Crippen LogP contribution in [-0.2, 0) is 15.8 Å². The minimum absolute atomic E-state index is 0.0203. The third-order valence-corrected chi connectivity index (χ3v) is 5.88. The molecule has 0 spiro atoms. The smallest absolute Gasteiger partial charge is 0.259 e. The number of hydrogen-bond acceptors (Lipinski definition) is 4. The molecule has 0 fully saturated rings. The second-order valence-electron chi connectivity index (χ2n) is 5.84. The number of fused-ring (bicyclic) bond motifs is 1. The summed E-state index contributed by atoms with van der Waals surface area (Å²) in [5.41, 5.74) is 7.26. The normalized spacial score (nSPS) is 16.8. The maximum atomic E-state index is 11.7. The lowest BCUT2D eigenvalue weighted by molar-refractivity contribution is 0.127. The molecule has 1 aliphatic heterocycles. The predicted octanol–water partition coefficient (Wildman–Crippen LogP) is 2.83. The Hall–Kier alpha value is -1.56. The fourth-order valence-electron chi connectivity index (χ4n) is 2.82. The zero-order valence-electron chi connectivity index (χ0n) is 13.4. The molecule has 0 saturated heterocycles. The average Bonchev–Trinajstić information content (AvgIpc) is 2.47. The monoisotopic (exact) mass is 324 g/mol. The Balaban J connectivity index is 2.32. The van der Waals surface area contributed by atoms with Crippen molar-refractivity contribution in [1.29, 1.82) is 0 Å². The van der Waals surface area contributed by atoms with Crippen molar-refractivity contribution in [2.45, 2.75) is 45.8 Å². The van der Waals surface area contributed by atoms with Crippen molar-refractivity contribution < 1.29 is 13.2 Å². The summed E-state index contributed by atoms with van der Waals surface area (Å²) in [4.78, 5) is 0. The highest BCUT2D eigenvalue weighted by molar-refractivity contribution is 7.89. The van der Waals surface area contributed by atoms with Crippen LogP contribution in [0.3, 0.4) is 0 Å². The number of ether oxygens (including phenoxy) is 1. The number of amidine groups is 1. The molecule has 6 heteroatoms. The van der Waals surface area contributed by atoms with Crippen LogP contribution in [-0.4, -0.2) is 20.9 Å². The molecule has 5 nitrogen and oxygen atoms in total. The molecule has 0 amide bonds. The highest BCUT2D eigenvalue weighted by Gasteiger charge is 2.28. The van der Waals surface area contributed by atoms with E-state index in [9.17, 15) is 8.42 Å². The number of rotatable bonds is 6. The highest BCUT2D eigenvalue weighted by atomic mass is 32.2. The molecule has 122 valence electrons. The first kappa shape index (κ1) is 16.8. The Morgan fingerprint density at radius 3 is 2.45 bits per heavy atom. The van der Waals surface area contributed by atoms with Crippen LogP contribution in [0.1, 0.15) is 51.2 Å². The largest absolute Gasteiger partial charge is 0.492 e. The summed E-state index contributed by atoms with van der Waals surface area (Å²) in [5, 5.41) is 0. The lowest BCUT2D eigenvalue weighted by Crippen LogP contribution is -2.29. The Labute approximate surface area is 132 Å². The topological polar surface area (TPSA) is 81.8 Å². The summed E-state index contributed by atoms with van der Waals surface area (Å²) in [6.07, 6.45) is 3.10. The second kappa shape index (κ2) is 6.28. The van der Waals surface area contributed by atoms with Gasteiger partial charge in [0, 0.05) is 5.41 Å². The van der Waals surface area contributed by atoms with E-state index in [2.05, 4.69) is 25.2 Å². The first-order valence-corrected chi connectivity index (χ1v) is 9.30. The van der Waals surface area contributed by atoms with Gasteiger partial charge in [0.05, 0.1) is 17.9 Å². The van der Waals surface area contributed by atoms with Crippen molar-refractivity contribution >= 4 is 15.9 Å². The standard InChI is InChI=1S/C16H24N2O3S/c1-4-16(5-2,6-3)11-21-13-9-7-8-12-10-22(19,20)18-15(17)14(12)13/h7-9H,4-6,10-11H2,1-3H3,(H2,17,18). The maximum absolute atomic E-state index is 11.7. The highest BCUT2D eigenvalue weighted by Crippen LogP contribution is 2.33. The third-order valence-electron chi connectivity index (χ3n) is 4.73. The minimum Gasteiger partial charge on any atom is -0.492 e. The molecule has 2 rings (SSSR count). The van der Waals surface area contributed by atoms with Gasteiger partial charge in [-0.15, -0.1) is 4.40 Å². The molecule has 2 N–H and O–H groups in total. The zero-order chi connectivity index (χ0) is 16.4. The molecule has 0 saturated carbocycles. The van der Waals surface area contributed by atoms with Crippen LogP contribution in [0, 0.1) is 5.41 Å². The molecule has 1 heterocycles. The fraction of sp³-hybridized carbons (Fsp3) is 0.562. The van der Waals surface area contributed by atoms with E-state index in [-0.39, 0.29) is 17.0 Å². The lowest BCUT2D eigenvalue weighted by atomic mass is 9.81. The number of benzene rings is 1. The molecule has 0 atom stereocenters. The quantitative estimate of drug-likeness (QED) is 0.872. The fourth-order valence-corrected chi connectivity index (χ4v) is 3.91. The van der Waals surface area contributed by atoms with Gasteiger partial charge in [-0.3, -0.25) is 0 Å². The van der Waals surface area contributed by atoms with E-state index in [1.807, 2.05) is 6.07 Å². The Bertz CT molecular complexity index is 668. The van der Waals surface area contributed by atoms with Crippen LogP contribution < -0.4 is 10.5 Å². The van der Waals surface area contributed by atoms with Gasteiger partial charge in [0.25, 0.3) is 10.0 Å². The first-order chi connectivity index (χ1) is 10.4. The van der Waals surface area contributed by atoms with Gasteiger partial charge in [-0.1, -0.05) is 32.9 Å². The third kappa shape index (κ3) is 3.27. The lowest BCUT2D eigenvalue weighted by Gasteiger charge is -2.31. The van der Waals surface area contributed by atoms with Crippen molar-refractivity contribution in [3.63, 3.8) is 0 Å². The van der Waals surface area contributed by atoms with E-state index in [1.54, 1.807) is 12.1 Å². The number of nitrogens with two attached hydrogens (primary N) is 1. The van der Waals surface area contributed by atoms with Crippen LogP contribution in [0.5, 0.6) is 5.75 Å². The van der Waals surface area contributed by atoms with Crippen LogP contribution in [0.25, 0.3) is 0 Å². The van der Waals surface area contributed by atoms with E-state index in [0.717, 1.165) is 19.3 Å². The van der Waals surface area contributed by atoms with Gasteiger partial charge in [0.2, 0.25) is 0 Å². The van der Waals surface area contributed by atoms with Crippen LogP contribution in [0.4, 0.5) is 0 Å². The Kier molecular flexibility index (Phi) is 4.80. The van der Waals surface area contributed by atoms with E-state index in [0.29, 0.717) is 23.5 Å². The van der Waals surface area contributed by atoms with Gasteiger partial charge in [-0.2, -0.15) is 0 Å². The Morgan fingerprint density at radius 2 is 1.86 bits per heavy atom. The maximum Gasteiger partial charge on any atom is 0.259 e. The van der Waals surface area contributed by atoms with Crippen LogP contribution in [0.2, 0.25) is 0 Å². The van der Waals surface area contributed by atoms with Gasteiger partial charge >= 0.3 is 0 Å². The van der Waals surface area contributed by atoms with Crippen molar-refractivity contribution in [1.82, 2.24) is 0 Å². The first-order valence-electron chi connectivity index (χ1n) is 7.69. The van der Waals surface area contributed by atoms with Crippen LogP contribution >= 0.6 is 0 Å². The molecule has 0 aromatic heterocycles. The molecule has 0 radical (unpaired) electrons. The minimum atomic E-state index is -3.51. The van der Waals surface area contributed by atoms with Crippen molar-refractivity contribution in [2.75, 3.05) is 6.61 Å².